The maximum Gasteiger partial charge on any atom is 0.387 e. The van der Waals surface area contributed by atoms with Gasteiger partial charge in [-0.2, -0.15) is 8.78 Å². The van der Waals surface area contributed by atoms with Gasteiger partial charge in [-0.25, -0.2) is 0 Å². The third kappa shape index (κ3) is 4.16. The van der Waals surface area contributed by atoms with Crippen molar-refractivity contribution in [3.8, 4) is 5.75 Å². The molecular weight excluding hydrogens is 296 g/mol. The lowest BCUT2D eigenvalue weighted by Gasteiger charge is -2.13. The first kappa shape index (κ1) is 16.2. The molecule has 0 bridgehead atoms. The number of carboxylic acids is 1. The Kier molecular flexibility index (Phi) is 5.30. The monoisotopic (exact) mass is 313 g/mol. The van der Waals surface area contributed by atoms with Crippen LogP contribution in [-0.4, -0.2) is 23.6 Å². The molecule has 2 atom stereocenters. The van der Waals surface area contributed by atoms with Crippen molar-refractivity contribution < 1.29 is 28.2 Å². The van der Waals surface area contributed by atoms with Gasteiger partial charge in [0.05, 0.1) is 5.92 Å². The van der Waals surface area contributed by atoms with Crippen molar-refractivity contribution in [2.45, 2.75) is 32.4 Å². The molecule has 120 valence electrons. The van der Waals surface area contributed by atoms with E-state index in [9.17, 15) is 18.4 Å². The molecule has 5 nitrogen and oxygen atoms in total. The van der Waals surface area contributed by atoms with Crippen molar-refractivity contribution in [2.75, 3.05) is 0 Å². The van der Waals surface area contributed by atoms with Crippen LogP contribution in [0.15, 0.2) is 24.3 Å². The molecule has 1 fully saturated rings. The predicted octanol–water partition coefficient (Wildman–Crippen LogP) is 2.41. The van der Waals surface area contributed by atoms with Gasteiger partial charge in [0.2, 0.25) is 5.91 Å². The zero-order valence-electron chi connectivity index (χ0n) is 11.8. The number of para-hydroxylation sites is 1. The molecule has 1 amide bonds. The van der Waals surface area contributed by atoms with E-state index in [0.717, 1.165) is 0 Å². The number of rotatable bonds is 6. The Bertz CT molecular complexity index is 550. The van der Waals surface area contributed by atoms with E-state index >= 15 is 0 Å². The molecule has 1 saturated carbocycles. The fraction of sp³-hybridized carbons (Fsp3) is 0.467. The lowest BCUT2D eigenvalue weighted by atomic mass is 10.0. The maximum absolute atomic E-state index is 12.3. The molecule has 7 heteroatoms. The second kappa shape index (κ2) is 7.20. The van der Waals surface area contributed by atoms with Gasteiger partial charge in [-0.15, -0.1) is 0 Å². The highest BCUT2D eigenvalue weighted by atomic mass is 19.3. The minimum atomic E-state index is -2.93. The molecule has 0 saturated heterocycles. The minimum absolute atomic E-state index is 0.0210. The number of hydrogen-bond acceptors (Lipinski definition) is 3. The first-order valence-corrected chi connectivity index (χ1v) is 7.00. The topological polar surface area (TPSA) is 75.6 Å². The van der Waals surface area contributed by atoms with Crippen LogP contribution in [0.5, 0.6) is 5.75 Å². The maximum atomic E-state index is 12.3. The molecule has 1 aliphatic rings. The van der Waals surface area contributed by atoms with Crippen molar-refractivity contribution in [2.24, 2.45) is 11.8 Å². The summed E-state index contributed by atoms with van der Waals surface area (Å²) in [6.07, 6.45) is 1.33. The molecule has 2 N–H and O–H groups in total. The Morgan fingerprint density at radius 2 is 1.95 bits per heavy atom. The van der Waals surface area contributed by atoms with E-state index in [1.807, 2.05) is 0 Å². The van der Waals surface area contributed by atoms with Crippen LogP contribution in [0.3, 0.4) is 0 Å². The normalized spacial score (nSPS) is 20.9. The van der Waals surface area contributed by atoms with Gasteiger partial charge in [-0.1, -0.05) is 18.2 Å². The summed E-state index contributed by atoms with van der Waals surface area (Å²) in [4.78, 5) is 22.9. The number of nitrogens with one attached hydrogen (secondary N) is 1. The van der Waals surface area contributed by atoms with Crippen LogP contribution in [0.1, 0.15) is 24.8 Å². The summed E-state index contributed by atoms with van der Waals surface area (Å²) in [5.41, 5.74) is 0.448. The van der Waals surface area contributed by atoms with Crippen molar-refractivity contribution in [1.29, 1.82) is 0 Å². The number of halogens is 2. The van der Waals surface area contributed by atoms with E-state index in [1.54, 1.807) is 18.2 Å². The highest BCUT2D eigenvalue weighted by molar-refractivity contribution is 5.80. The smallest absolute Gasteiger partial charge is 0.387 e. The summed E-state index contributed by atoms with van der Waals surface area (Å²) in [6.45, 7) is -2.86. The number of benzene rings is 1. The van der Waals surface area contributed by atoms with E-state index in [-0.39, 0.29) is 24.1 Å². The first-order chi connectivity index (χ1) is 10.5. The molecule has 0 aromatic heterocycles. The minimum Gasteiger partial charge on any atom is -0.481 e. The largest absolute Gasteiger partial charge is 0.481 e. The Labute approximate surface area is 126 Å². The molecule has 22 heavy (non-hydrogen) atoms. The Morgan fingerprint density at radius 1 is 1.27 bits per heavy atom. The molecule has 0 radical (unpaired) electrons. The number of aliphatic carboxylic acids is 1. The first-order valence-electron chi connectivity index (χ1n) is 7.00. The summed E-state index contributed by atoms with van der Waals surface area (Å²) in [5, 5.41) is 11.6. The molecule has 1 aromatic carbocycles. The van der Waals surface area contributed by atoms with Crippen LogP contribution in [0.4, 0.5) is 8.78 Å². The van der Waals surface area contributed by atoms with Crippen LogP contribution < -0.4 is 10.1 Å². The van der Waals surface area contributed by atoms with Gasteiger partial charge in [0.15, 0.2) is 0 Å². The summed E-state index contributed by atoms with van der Waals surface area (Å²) in [5.74, 6) is -1.94. The average Bonchev–Trinajstić information content (AvgIpc) is 2.95. The van der Waals surface area contributed by atoms with Crippen molar-refractivity contribution >= 4 is 11.9 Å². The van der Waals surface area contributed by atoms with Crippen molar-refractivity contribution in [1.82, 2.24) is 5.32 Å². The quantitative estimate of drug-likeness (QED) is 0.845. The van der Waals surface area contributed by atoms with E-state index in [0.29, 0.717) is 24.8 Å². The SMILES string of the molecule is O=C(O)[C@@H]1CC[C@H](C(=O)NCc2ccccc2OC(F)F)C1. The van der Waals surface area contributed by atoms with Gasteiger partial charge < -0.3 is 15.2 Å². The number of amides is 1. The Hall–Kier alpha value is -2.18. The van der Waals surface area contributed by atoms with E-state index in [1.165, 1.54) is 6.07 Å². The van der Waals surface area contributed by atoms with Gasteiger partial charge in [0, 0.05) is 18.0 Å². The average molecular weight is 313 g/mol. The summed E-state index contributed by atoms with van der Waals surface area (Å²) in [6, 6.07) is 6.23. The molecule has 2 rings (SSSR count). The number of ether oxygens (including phenoxy) is 1. The molecule has 0 unspecified atom stereocenters. The van der Waals surface area contributed by atoms with Crippen LogP contribution in [-0.2, 0) is 16.1 Å². The number of carbonyl (C=O) groups excluding carboxylic acids is 1. The van der Waals surface area contributed by atoms with Crippen LogP contribution in [0, 0.1) is 11.8 Å². The number of alkyl halides is 2. The van der Waals surface area contributed by atoms with Gasteiger partial charge in [0.1, 0.15) is 5.75 Å². The van der Waals surface area contributed by atoms with E-state index in [2.05, 4.69) is 10.1 Å². The van der Waals surface area contributed by atoms with Crippen molar-refractivity contribution in [3.63, 3.8) is 0 Å². The van der Waals surface area contributed by atoms with Gasteiger partial charge in [-0.05, 0) is 25.3 Å². The Balaban J connectivity index is 1.90. The third-order valence-electron chi connectivity index (χ3n) is 3.79. The molecule has 0 heterocycles. The summed E-state index contributed by atoms with van der Waals surface area (Å²) in [7, 11) is 0. The second-order valence-electron chi connectivity index (χ2n) is 5.25. The zero-order valence-corrected chi connectivity index (χ0v) is 11.8. The third-order valence-corrected chi connectivity index (χ3v) is 3.79. The number of carbonyl (C=O) groups is 2. The van der Waals surface area contributed by atoms with Gasteiger partial charge >= 0.3 is 12.6 Å². The van der Waals surface area contributed by atoms with E-state index < -0.39 is 18.5 Å². The van der Waals surface area contributed by atoms with Crippen LogP contribution >= 0.6 is 0 Å². The zero-order chi connectivity index (χ0) is 16.1. The second-order valence-corrected chi connectivity index (χ2v) is 5.25. The lowest BCUT2D eigenvalue weighted by Crippen LogP contribution is -2.29. The number of carboxylic acid groups (broad SMARTS) is 1. The van der Waals surface area contributed by atoms with Gasteiger partial charge in [0.25, 0.3) is 0 Å². The molecule has 1 aliphatic carbocycles. The molecule has 0 spiro atoms. The van der Waals surface area contributed by atoms with Crippen molar-refractivity contribution in [3.05, 3.63) is 29.8 Å². The predicted molar refractivity (Wildman–Crippen MR) is 73.4 cm³/mol. The fourth-order valence-electron chi connectivity index (χ4n) is 2.63. The van der Waals surface area contributed by atoms with E-state index in [4.69, 9.17) is 5.11 Å². The van der Waals surface area contributed by atoms with Crippen LogP contribution in [0.2, 0.25) is 0 Å². The van der Waals surface area contributed by atoms with Crippen LogP contribution in [0.25, 0.3) is 0 Å². The standard InChI is InChI=1S/C15H17F2NO4/c16-15(17)22-12-4-2-1-3-11(12)8-18-13(19)9-5-6-10(7-9)14(20)21/h1-4,9-10,15H,5-8H2,(H,18,19)(H,20,21)/t9-,10+/m0/s1. The highest BCUT2D eigenvalue weighted by Gasteiger charge is 2.33. The fourth-order valence-corrected chi connectivity index (χ4v) is 2.63. The van der Waals surface area contributed by atoms with Gasteiger partial charge in [-0.3, -0.25) is 9.59 Å². The lowest BCUT2D eigenvalue weighted by molar-refractivity contribution is -0.141. The molecule has 0 aliphatic heterocycles. The molecule has 1 aromatic rings. The number of hydrogen-bond donors (Lipinski definition) is 2. The summed E-state index contributed by atoms with van der Waals surface area (Å²) < 4.78 is 29.0. The Morgan fingerprint density at radius 3 is 2.59 bits per heavy atom. The molecular formula is C15H17F2NO4. The highest BCUT2D eigenvalue weighted by Crippen LogP contribution is 2.31. The summed E-state index contributed by atoms with van der Waals surface area (Å²) >= 11 is 0.